The van der Waals surface area contributed by atoms with Gasteiger partial charge in [-0.15, -0.1) is 0 Å². The van der Waals surface area contributed by atoms with Crippen LogP contribution in [0.4, 0.5) is 5.69 Å². The number of hydrogen-bond acceptors (Lipinski definition) is 5. The van der Waals surface area contributed by atoms with Gasteiger partial charge in [0.2, 0.25) is 0 Å². The Morgan fingerprint density at radius 3 is 2.57 bits per heavy atom. The summed E-state index contributed by atoms with van der Waals surface area (Å²) < 4.78 is 5.34. The molecule has 1 aromatic carbocycles. The van der Waals surface area contributed by atoms with Crippen molar-refractivity contribution < 1.29 is 19.6 Å². The first-order chi connectivity index (χ1) is 9.60. The van der Waals surface area contributed by atoms with Gasteiger partial charge in [-0.1, -0.05) is 0 Å². The van der Waals surface area contributed by atoms with Crippen molar-refractivity contribution in [1.82, 2.24) is 5.32 Å². The molecule has 0 aliphatic rings. The van der Waals surface area contributed by atoms with E-state index in [1.807, 2.05) is 20.8 Å². The molecule has 1 atom stereocenters. The van der Waals surface area contributed by atoms with Gasteiger partial charge in [0, 0.05) is 29.8 Å². The molecule has 0 heterocycles. The number of rotatable bonds is 6. The van der Waals surface area contributed by atoms with Crippen LogP contribution in [-0.2, 0) is 11.3 Å². The van der Waals surface area contributed by atoms with Crippen LogP contribution in [0.1, 0.15) is 33.3 Å². The zero-order valence-corrected chi connectivity index (χ0v) is 12.5. The second kappa shape index (κ2) is 6.53. The van der Waals surface area contributed by atoms with Crippen molar-refractivity contribution in [2.75, 3.05) is 0 Å². The zero-order valence-electron chi connectivity index (χ0n) is 12.5. The van der Waals surface area contributed by atoms with Gasteiger partial charge in [-0.3, -0.25) is 10.1 Å². The van der Waals surface area contributed by atoms with Crippen LogP contribution < -0.4 is 10.1 Å². The number of nitrogens with zero attached hydrogens (tertiary/aromatic N) is 1. The maximum atomic E-state index is 10.9. The molecule has 116 valence electrons. The predicted octanol–water partition coefficient (Wildman–Crippen LogP) is 2.33. The van der Waals surface area contributed by atoms with E-state index in [1.54, 1.807) is 0 Å². The highest BCUT2D eigenvalue weighted by molar-refractivity contribution is 5.72. The Morgan fingerprint density at radius 1 is 1.48 bits per heavy atom. The smallest absolute Gasteiger partial charge is 0.344 e. The Hall–Kier alpha value is -2.15. The summed E-state index contributed by atoms with van der Waals surface area (Å²) in [7, 11) is 0. The monoisotopic (exact) mass is 296 g/mol. The maximum Gasteiger partial charge on any atom is 0.344 e. The second-order valence-corrected chi connectivity index (χ2v) is 5.75. The summed E-state index contributed by atoms with van der Waals surface area (Å²) in [6.07, 6.45) is -1.03. The Labute approximate surface area is 123 Å². The Bertz CT molecular complexity index is 537. The maximum absolute atomic E-state index is 10.9. The number of ether oxygens (including phenoxy) is 1. The predicted molar refractivity (Wildman–Crippen MR) is 77.4 cm³/mol. The largest absolute Gasteiger partial charge is 0.479 e. The minimum atomic E-state index is -1.09. The number of nitro benzene ring substituents is 1. The van der Waals surface area contributed by atoms with Crippen LogP contribution >= 0.6 is 0 Å². The van der Waals surface area contributed by atoms with Crippen LogP contribution in [0.15, 0.2) is 18.2 Å². The molecule has 2 N–H and O–H groups in total. The van der Waals surface area contributed by atoms with E-state index in [2.05, 4.69) is 5.32 Å². The number of nitrogens with one attached hydrogen (secondary N) is 1. The normalized spacial score (nSPS) is 12.8. The lowest BCUT2D eigenvalue weighted by Crippen LogP contribution is -2.35. The minimum Gasteiger partial charge on any atom is -0.479 e. The number of hydrogen-bond donors (Lipinski definition) is 2. The van der Waals surface area contributed by atoms with Crippen LogP contribution in [0.5, 0.6) is 5.75 Å². The summed E-state index contributed by atoms with van der Waals surface area (Å²) in [5.74, 6) is -0.768. The number of carbonyl (C=O) groups is 1. The molecule has 1 aromatic rings. The number of non-ortho nitro benzene ring substituents is 1. The van der Waals surface area contributed by atoms with Crippen LogP contribution in [0.2, 0.25) is 0 Å². The van der Waals surface area contributed by atoms with Crippen LogP contribution in [-0.4, -0.2) is 27.6 Å². The lowest BCUT2D eigenvalue weighted by molar-refractivity contribution is -0.384. The molecule has 0 fully saturated rings. The van der Waals surface area contributed by atoms with Gasteiger partial charge in [-0.25, -0.2) is 4.79 Å². The Morgan fingerprint density at radius 2 is 2.10 bits per heavy atom. The van der Waals surface area contributed by atoms with Crippen LogP contribution in [0.25, 0.3) is 0 Å². The molecule has 0 saturated carbocycles. The van der Waals surface area contributed by atoms with Gasteiger partial charge < -0.3 is 15.2 Å². The third-order valence-corrected chi connectivity index (χ3v) is 2.72. The molecule has 7 nitrogen and oxygen atoms in total. The zero-order chi connectivity index (χ0) is 16.2. The topological polar surface area (TPSA) is 102 Å². The van der Waals surface area contributed by atoms with Gasteiger partial charge in [-0.2, -0.15) is 0 Å². The summed E-state index contributed by atoms with van der Waals surface area (Å²) in [4.78, 5) is 21.2. The average molecular weight is 296 g/mol. The number of carboxylic acids is 1. The highest BCUT2D eigenvalue weighted by atomic mass is 16.6. The Kier molecular flexibility index (Phi) is 5.26. The highest BCUT2D eigenvalue weighted by Gasteiger charge is 2.18. The van der Waals surface area contributed by atoms with E-state index >= 15 is 0 Å². The van der Waals surface area contributed by atoms with Gasteiger partial charge in [0.1, 0.15) is 5.75 Å². The molecule has 0 aliphatic carbocycles. The van der Waals surface area contributed by atoms with Crippen molar-refractivity contribution in [3.05, 3.63) is 33.9 Å². The number of carboxylic acid groups (broad SMARTS) is 1. The van der Waals surface area contributed by atoms with Crippen molar-refractivity contribution in [2.24, 2.45) is 0 Å². The average Bonchev–Trinajstić information content (AvgIpc) is 2.36. The molecule has 0 radical (unpaired) electrons. The molecule has 7 heteroatoms. The number of nitro groups is 1. The third kappa shape index (κ3) is 5.39. The van der Waals surface area contributed by atoms with E-state index < -0.39 is 17.0 Å². The van der Waals surface area contributed by atoms with Gasteiger partial charge >= 0.3 is 5.97 Å². The summed E-state index contributed by atoms with van der Waals surface area (Å²) in [5.41, 5.74) is 0.309. The van der Waals surface area contributed by atoms with E-state index in [0.717, 1.165) is 0 Å². The molecule has 0 spiro atoms. The lowest BCUT2D eigenvalue weighted by atomic mass is 10.1. The number of aliphatic carboxylic acids is 1. The molecular formula is C14H20N2O5. The molecule has 21 heavy (non-hydrogen) atoms. The molecule has 0 aliphatic heterocycles. The van der Waals surface area contributed by atoms with E-state index in [0.29, 0.717) is 17.9 Å². The van der Waals surface area contributed by atoms with E-state index in [4.69, 9.17) is 9.84 Å². The molecule has 0 aromatic heterocycles. The molecule has 0 bridgehead atoms. The standard InChI is InChI=1S/C14H20N2O5/c1-9(13(17)18)21-12-6-5-11(16(19)20)7-10(12)8-15-14(2,3)4/h5-7,9,15H,8H2,1-4H3,(H,17,18). The molecular weight excluding hydrogens is 276 g/mol. The van der Waals surface area contributed by atoms with Crippen LogP contribution in [0.3, 0.4) is 0 Å². The first-order valence-corrected chi connectivity index (χ1v) is 6.52. The van der Waals surface area contributed by atoms with E-state index in [9.17, 15) is 14.9 Å². The van der Waals surface area contributed by atoms with Gasteiger partial charge in [0.15, 0.2) is 6.10 Å². The fourth-order valence-corrected chi connectivity index (χ4v) is 1.53. The van der Waals surface area contributed by atoms with E-state index in [1.165, 1.54) is 25.1 Å². The summed E-state index contributed by atoms with van der Waals surface area (Å²) in [5, 5.41) is 22.9. The highest BCUT2D eigenvalue weighted by Crippen LogP contribution is 2.25. The fraction of sp³-hybridized carbons (Fsp3) is 0.500. The first kappa shape index (κ1) is 16.9. The quantitative estimate of drug-likeness (QED) is 0.617. The minimum absolute atomic E-state index is 0.0592. The van der Waals surface area contributed by atoms with Crippen molar-refractivity contribution in [1.29, 1.82) is 0 Å². The Balaban J connectivity index is 3.05. The van der Waals surface area contributed by atoms with E-state index in [-0.39, 0.29) is 11.2 Å². The summed E-state index contributed by atoms with van der Waals surface area (Å²) >= 11 is 0. The van der Waals surface area contributed by atoms with Gasteiger partial charge in [0.05, 0.1) is 4.92 Å². The lowest BCUT2D eigenvalue weighted by Gasteiger charge is -2.22. The summed E-state index contributed by atoms with van der Waals surface area (Å²) in [6, 6.07) is 4.12. The van der Waals surface area contributed by atoms with Crippen molar-refractivity contribution in [3.63, 3.8) is 0 Å². The second-order valence-electron chi connectivity index (χ2n) is 5.75. The molecule has 0 saturated heterocycles. The summed E-state index contributed by atoms with van der Waals surface area (Å²) in [6.45, 7) is 7.64. The van der Waals surface area contributed by atoms with Crippen molar-refractivity contribution in [3.8, 4) is 5.75 Å². The molecule has 1 rings (SSSR count). The van der Waals surface area contributed by atoms with Crippen molar-refractivity contribution in [2.45, 2.75) is 45.9 Å². The first-order valence-electron chi connectivity index (χ1n) is 6.52. The fourth-order valence-electron chi connectivity index (χ4n) is 1.53. The molecule has 1 unspecified atom stereocenters. The van der Waals surface area contributed by atoms with Gasteiger partial charge in [-0.05, 0) is 33.8 Å². The molecule has 0 amide bonds. The third-order valence-electron chi connectivity index (χ3n) is 2.72. The van der Waals surface area contributed by atoms with Crippen LogP contribution in [0, 0.1) is 10.1 Å². The SMILES string of the molecule is CC(Oc1ccc([N+](=O)[O-])cc1CNC(C)(C)C)C(=O)O. The number of benzene rings is 1. The van der Waals surface area contributed by atoms with Crippen molar-refractivity contribution >= 4 is 11.7 Å². The van der Waals surface area contributed by atoms with Gasteiger partial charge in [0.25, 0.3) is 5.69 Å².